The molecule has 0 amide bonds. The van der Waals surface area contributed by atoms with Crippen LogP contribution in [0.2, 0.25) is 0 Å². The predicted octanol–water partition coefficient (Wildman–Crippen LogP) is 3.26. The van der Waals surface area contributed by atoms with E-state index in [2.05, 4.69) is 77.9 Å². The van der Waals surface area contributed by atoms with Gasteiger partial charge in [-0.15, -0.1) is 0 Å². The molecule has 0 aliphatic carbocycles. The highest BCUT2D eigenvalue weighted by molar-refractivity contribution is 5.24. The van der Waals surface area contributed by atoms with E-state index in [-0.39, 0.29) is 0 Å². The number of rotatable bonds is 5. The molecular weight excluding hydrogens is 256 g/mol. The summed E-state index contributed by atoms with van der Waals surface area (Å²) in [5, 5.41) is 3.87. The van der Waals surface area contributed by atoms with Gasteiger partial charge in [0, 0.05) is 18.6 Å². The average molecular weight is 280 g/mol. The largest absolute Gasteiger partial charge is 0.306 e. The van der Waals surface area contributed by atoms with E-state index in [1.165, 1.54) is 24.1 Å². The van der Waals surface area contributed by atoms with Gasteiger partial charge in [-0.25, -0.2) is 0 Å². The van der Waals surface area contributed by atoms with Gasteiger partial charge >= 0.3 is 0 Å². The van der Waals surface area contributed by atoms with E-state index in [4.69, 9.17) is 0 Å². The molecule has 2 aromatic rings. The summed E-state index contributed by atoms with van der Waals surface area (Å²) in [6.45, 7) is 2.35. The molecule has 1 aliphatic heterocycles. The molecule has 2 aromatic carbocycles. The van der Waals surface area contributed by atoms with Crippen LogP contribution in [0.1, 0.15) is 23.6 Å². The van der Waals surface area contributed by atoms with Crippen molar-refractivity contribution in [1.82, 2.24) is 10.2 Å². The van der Waals surface area contributed by atoms with Crippen LogP contribution in [-0.2, 0) is 6.42 Å². The van der Waals surface area contributed by atoms with Crippen molar-refractivity contribution in [3.63, 3.8) is 0 Å². The maximum atomic E-state index is 3.87. The number of hydrogen-bond donors (Lipinski definition) is 1. The van der Waals surface area contributed by atoms with E-state index in [1.54, 1.807) is 0 Å². The van der Waals surface area contributed by atoms with Crippen molar-refractivity contribution >= 4 is 0 Å². The summed E-state index contributed by atoms with van der Waals surface area (Å²) in [4.78, 5) is 2.40. The van der Waals surface area contributed by atoms with Gasteiger partial charge in [0.1, 0.15) is 0 Å². The van der Waals surface area contributed by atoms with E-state index >= 15 is 0 Å². The van der Waals surface area contributed by atoms with Gasteiger partial charge < -0.3 is 10.2 Å². The molecule has 0 radical (unpaired) electrons. The molecule has 1 N–H and O–H groups in total. The van der Waals surface area contributed by atoms with Gasteiger partial charge in [-0.2, -0.15) is 0 Å². The zero-order chi connectivity index (χ0) is 14.5. The molecule has 2 nitrogen and oxygen atoms in total. The minimum Gasteiger partial charge on any atom is -0.306 e. The molecule has 0 bridgehead atoms. The van der Waals surface area contributed by atoms with Gasteiger partial charge in [0.25, 0.3) is 0 Å². The summed E-state index contributed by atoms with van der Waals surface area (Å²) in [6.07, 6.45) is 2.29. The normalized spacial score (nSPS) is 20.5. The van der Waals surface area contributed by atoms with Gasteiger partial charge in [-0.05, 0) is 37.6 Å². The molecule has 1 aliphatic rings. The van der Waals surface area contributed by atoms with Crippen molar-refractivity contribution in [2.45, 2.75) is 24.9 Å². The van der Waals surface area contributed by atoms with Crippen molar-refractivity contribution in [1.29, 1.82) is 0 Å². The fourth-order valence-electron chi connectivity index (χ4n) is 3.16. The summed E-state index contributed by atoms with van der Waals surface area (Å²) in [5.41, 5.74) is 2.78. The Hall–Kier alpha value is -1.64. The second kappa shape index (κ2) is 6.88. The first kappa shape index (κ1) is 14.3. The van der Waals surface area contributed by atoms with Crippen LogP contribution in [0.3, 0.4) is 0 Å². The lowest BCUT2D eigenvalue weighted by Crippen LogP contribution is -2.35. The SMILES string of the molecule is CN1CCC(NC(Cc2ccccc2)c2ccccc2)C1. The number of likely N-dealkylation sites (tertiary alicyclic amines) is 1. The molecule has 2 heteroatoms. The zero-order valence-electron chi connectivity index (χ0n) is 12.7. The third-order valence-electron chi connectivity index (χ3n) is 4.31. The van der Waals surface area contributed by atoms with Gasteiger partial charge in [-0.3, -0.25) is 0 Å². The van der Waals surface area contributed by atoms with Crippen LogP contribution in [0.25, 0.3) is 0 Å². The summed E-state index contributed by atoms with van der Waals surface area (Å²) in [5.74, 6) is 0. The fourth-order valence-corrected chi connectivity index (χ4v) is 3.16. The molecule has 1 saturated heterocycles. The quantitative estimate of drug-likeness (QED) is 0.904. The van der Waals surface area contributed by atoms with Gasteiger partial charge in [0.2, 0.25) is 0 Å². The Morgan fingerprint density at radius 2 is 1.71 bits per heavy atom. The topological polar surface area (TPSA) is 15.3 Å². The van der Waals surface area contributed by atoms with Crippen molar-refractivity contribution in [2.24, 2.45) is 0 Å². The third-order valence-corrected chi connectivity index (χ3v) is 4.31. The summed E-state index contributed by atoms with van der Waals surface area (Å²) >= 11 is 0. The first-order valence-electron chi connectivity index (χ1n) is 7.85. The monoisotopic (exact) mass is 280 g/mol. The molecule has 0 saturated carbocycles. The molecule has 2 unspecified atom stereocenters. The first-order valence-corrected chi connectivity index (χ1v) is 7.85. The van der Waals surface area contributed by atoms with Crippen LogP contribution in [0.4, 0.5) is 0 Å². The minimum atomic E-state index is 0.394. The van der Waals surface area contributed by atoms with Crippen LogP contribution < -0.4 is 5.32 Å². The maximum Gasteiger partial charge on any atom is 0.0363 e. The Kier molecular flexibility index (Phi) is 4.69. The lowest BCUT2D eigenvalue weighted by molar-refractivity contribution is 0.381. The molecule has 110 valence electrons. The van der Waals surface area contributed by atoms with Gasteiger partial charge in [0.05, 0.1) is 0 Å². The number of likely N-dealkylation sites (N-methyl/N-ethyl adjacent to an activating group) is 1. The summed E-state index contributed by atoms with van der Waals surface area (Å²) < 4.78 is 0. The molecule has 1 heterocycles. The highest BCUT2D eigenvalue weighted by Crippen LogP contribution is 2.21. The molecule has 0 spiro atoms. The first-order chi connectivity index (χ1) is 10.3. The highest BCUT2D eigenvalue weighted by Gasteiger charge is 2.23. The summed E-state index contributed by atoms with van der Waals surface area (Å²) in [7, 11) is 2.20. The Bertz CT molecular complexity index is 538. The Morgan fingerprint density at radius 3 is 2.33 bits per heavy atom. The smallest absolute Gasteiger partial charge is 0.0363 e. The standard InChI is InChI=1S/C19H24N2/c1-21-13-12-18(15-21)20-19(17-10-6-3-7-11-17)14-16-8-4-2-5-9-16/h2-11,18-20H,12-15H2,1H3. The van der Waals surface area contributed by atoms with E-state index < -0.39 is 0 Å². The molecule has 21 heavy (non-hydrogen) atoms. The van der Waals surface area contributed by atoms with E-state index in [0.717, 1.165) is 13.0 Å². The van der Waals surface area contributed by atoms with Crippen molar-refractivity contribution < 1.29 is 0 Å². The Labute approximate surface area is 127 Å². The Morgan fingerprint density at radius 1 is 1.05 bits per heavy atom. The van der Waals surface area contributed by atoms with Crippen LogP contribution in [0.5, 0.6) is 0 Å². The molecule has 2 atom stereocenters. The fraction of sp³-hybridized carbons (Fsp3) is 0.368. The van der Waals surface area contributed by atoms with E-state index in [0.29, 0.717) is 12.1 Å². The summed E-state index contributed by atoms with van der Waals surface area (Å²) in [6, 6.07) is 22.6. The number of benzene rings is 2. The van der Waals surface area contributed by atoms with Crippen LogP contribution in [-0.4, -0.2) is 31.1 Å². The lowest BCUT2D eigenvalue weighted by Gasteiger charge is -2.24. The predicted molar refractivity (Wildman–Crippen MR) is 88.4 cm³/mol. The van der Waals surface area contributed by atoms with Gasteiger partial charge in [0.15, 0.2) is 0 Å². The zero-order valence-corrected chi connectivity index (χ0v) is 12.7. The third kappa shape index (κ3) is 3.93. The van der Waals surface area contributed by atoms with E-state index in [1.807, 2.05) is 0 Å². The van der Waals surface area contributed by atoms with Gasteiger partial charge in [-0.1, -0.05) is 60.7 Å². The van der Waals surface area contributed by atoms with Crippen molar-refractivity contribution in [2.75, 3.05) is 20.1 Å². The number of hydrogen-bond acceptors (Lipinski definition) is 2. The molecule has 1 fully saturated rings. The van der Waals surface area contributed by atoms with Crippen molar-refractivity contribution in [3.8, 4) is 0 Å². The highest BCUT2D eigenvalue weighted by atomic mass is 15.2. The lowest BCUT2D eigenvalue weighted by atomic mass is 9.98. The van der Waals surface area contributed by atoms with Crippen LogP contribution in [0, 0.1) is 0 Å². The van der Waals surface area contributed by atoms with E-state index in [9.17, 15) is 0 Å². The van der Waals surface area contributed by atoms with Crippen LogP contribution in [0.15, 0.2) is 60.7 Å². The molecule has 0 aromatic heterocycles. The molecular formula is C19H24N2. The average Bonchev–Trinajstić information content (AvgIpc) is 2.94. The molecule has 3 rings (SSSR count). The number of nitrogens with one attached hydrogen (secondary N) is 1. The van der Waals surface area contributed by atoms with Crippen molar-refractivity contribution in [3.05, 3.63) is 71.8 Å². The number of nitrogens with zero attached hydrogens (tertiary/aromatic N) is 1. The second-order valence-corrected chi connectivity index (χ2v) is 6.07. The van der Waals surface area contributed by atoms with Crippen LogP contribution >= 0.6 is 0 Å². The maximum absolute atomic E-state index is 3.87. The minimum absolute atomic E-state index is 0.394. The Balaban J connectivity index is 1.74. The second-order valence-electron chi connectivity index (χ2n) is 6.07.